The van der Waals surface area contributed by atoms with E-state index in [1.165, 1.54) is 19.3 Å². The molecule has 9 heteroatoms. The van der Waals surface area contributed by atoms with Gasteiger partial charge in [0.05, 0.1) is 17.5 Å². The number of likely N-dealkylation sites (tertiary alicyclic amines) is 2. The lowest BCUT2D eigenvalue weighted by Gasteiger charge is -2.45. The van der Waals surface area contributed by atoms with Gasteiger partial charge in [0.1, 0.15) is 6.54 Å². The van der Waals surface area contributed by atoms with E-state index >= 15 is 0 Å². The first kappa shape index (κ1) is 20.3. The third-order valence-electron chi connectivity index (χ3n) is 5.50. The highest BCUT2D eigenvalue weighted by Crippen LogP contribution is 2.20. The predicted molar refractivity (Wildman–Crippen MR) is 104 cm³/mol. The summed E-state index contributed by atoms with van der Waals surface area (Å²) in [5.74, 6) is 0.0866. The minimum absolute atomic E-state index is 0.0146. The number of aryl methyl sites for hydroxylation is 1. The van der Waals surface area contributed by atoms with Crippen LogP contribution in [-0.4, -0.2) is 89.3 Å². The van der Waals surface area contributed by atoms with E-state index < -0.39 is 10.0 Å². The number of aromatic nitrogens is 2. The number of sulfonamides is 1. The van der Waals surface area contributed by atoms with Crippen LogP contribution >= 0.6 is 0 Å². The lowest BCUT2D eigenvalue weighted by molar-refractivity contribution is -0.138. The van der Waals surface area contributed by atoms with Crippen molar-refractivity contribution in [2.24, 2.45) is 0 Å². The third kappa shape index (κ3) is 5.08. The summed E-state index contributed by atoms with van der Waals surface area (Å²) in [6.45, 7) is 8.11. The second kappa shape index (κ2) is 8.70. The van der Waals surface area contributed by atoms with Crippen molar-refractivity contribution in [2.45, 2.75) is 45.7 Å². The van der Waals surface area contributed by atoms with Crippen molar-refractivity contribution in [3.05, 3.63) is 18.0 Å². The Balaban J connectivity index is 1.54. The number of piperidine rings is 1. The van der Waals surface area contributed by atoms with Crippen molar-refractivity contribution in [1.29, 1.82) is 0 Å². The highest BCUT2D eigenvalue weighted by Gasteiger charge is 2.39. The molecule has 0 aromatic carbocycles. The number of carbonyl (C=O) groups is 1. The van der Waals surface area contributed by atoms with Gasteiger partial charge in [-0.25, -0.2) is 8.42 Å². The van der Waals surface area contributed by atoms with Crippen molar-refractivity contribution in [2.75, 3.05) is 45.0 Å². The van der Waals surface area contributed by atoms with E-state index in [0.29, 0.717) is 19.6 Å². The molecule has 3 rings (SSSR count). The van der Waals surface area contributed by atoms with E-state index in [2.05, 4.69) is 10.00 Å². The fraction of sp³-hybridized carbons (Fsp3) is 0.778. The molecule has 8 nitrogen and oxygen atoms in total. The molecule has 1 amide bonds. The molecule has 2 saturated heterocycles. The molecule has 0 unspecified atom stereocenters. The average Bonchev–Trinajstić information content (AvgIpc) is 3.02. The zero-order valence-electron chi connectivity index (χ0n) is 16.4. The second-order valence-corrected chi connectivity index (χ2v) is 9.73. The zero-order chi connectivity index (χ0) is 19.4. The van der Waals surface area contributed by atoms with Gasteiger partial charge in [0.25, 0.3) is 0 Å². The molecule has 27 heavy (non-hydrogen) atoms. The van der Waals surface area contributed by atoms with E-state index in [0.717, 1.165) is 25.3 Å². The van der Waals surface area contributed by atoms with Crippen LogP contribution < -0.4 is 0 Å². The normalized spacial score (nSPS) is 19.4. The molecule has 0 saturated carbocycles. The standard InChI is InChI=1S/C18H31N5O3S/c1-3-27(25,26)23(12-11-20-8-5-4-6-9-20)17-13-21(14-17)18(24)15-22-10-7-16(2)19-22/h7,10,17H,3-6,8-9,11-15H2,1-2H3. The molecule has 0 spiro atoms. The first-order valence-corrected chi connectivity index (χ1v) is 11.5. The summed E-state index contributed by atoms with van der Waals surface area (Å²) in [6, 6.07) is 1.76. The number of hydrogen-bond donors (Lipinski definition) is 0. The topological polar surface area (TPSA) is 78.8 Å². The molecule has 3 heterocycles. The van der Waals surface area contributed by atoms with Crippen molar-refractivity contribution in [3.63, 3.8) is 0 Å². The Bertz CT molecular complexity index is 736. The zero-order valence-corrected chi connectivity index (χ0v) is 17.2. The Kier molecular flexibility index (Phi) is 6.54. The summed E-state index contributed by atoms with van der Waals surface area (Å²) in [4.78, 5) is 16.5. The van der Waals surface area contributed by atoms with Crippen molar-refractivity contribution >= 4 is 15.9 Å². The monoisotopic (exact) mass is 397 g/mol. The molecule has 1 aromatic rings. The molecule has 152 valence electrons. The number of carbonyl (C=O) groups excluding carboxylic acids is 1. The summed E-state index contributed by atoms with van der Waals surface area (Å²) in [6.07, 6.45) is 5.44. The average molecular weight is 398 g/mol. The van der Waals surface area contributed by atoms with E-state index in [4.69, 9.17) is 0 Å². The van der Waals surface area contributed by atoms with E-state index in [-0.39, 0.29) is 24.2 Å². The number of amides is 1. The highest BCUT2D eigenvalue weighted by molar-refractivity contribution is 7.89. The van der Waals surface area contributed by atoms with Gasteiger partial charge in [-0.15, -0.1) is 0 Å². The molecule has 2 fully saturated rings. The minimum atomic E-state index is -3.27. The van der Waals surface area contributed by atoms with Crippen molar-refractivity contribution in [1.82, 2.24) is 23.9 Å². The van der Waals surface area contributed by atoms with Gasteiger partial charge in [0.2, 0.25) is 15.9 Å². The molecule has 0 atom stereocenters. The molecule has 0 bridgehead atoms. The Hall–Kier alpha value is -1.45. The molecule has 1 aromatic heterocycles. The van der Waals surface area contributed by atoms with Crippen LogP contribution in [0.3, 0.4) is 0 Å². The summed E-state index contributed by atoms with van der Waals surface area (Å²) in [7, 11) is -3.27. The fourth-order valence-corrected chi connectivity index (χ4v) is 5.05. The molecule has 0 N–H and O–H groups in total. The quantitative estimate of drug-likeness (QED) is 0.640. The Morgan fingerprint density at radius 2 is 1.96 bits per heavy atom. The fourth-order valence-electron chi connectivity index (χ4n) is 3.77. The van der Waals surface area contributed by atoms with Crippen LogP contribution in [0, 0.1) is 6.92 Å². The number of nitrogens with zero attached hydrogens (tertiary/aromatic N) is 5. The number of rotatable bonds is 8. The van der Waals surface area contributed by atoms with Gasteiger partial charge in [0, 0.05) is 32.4 Å². The maximum Gasteiger partial charge on any atom is 0.244 e. The van der Waals surface area contributed by atoms with Gasteiger partial charge in [-0.3, -0.25) is 9.48 Å². The van der Waals surface area contributed by atoms with Crippen molar-refractivity contribution < 1.29 is 13.2 Å². The third-order valence-corrected chi connectivity index (χ3v) is 7.43. The predicted octanol–water partition coefficient (Wildman–Crippen LogP) is 0.540. The van der Waals surface area contributed by atoms with Gasteiger partial charge in [-0.1, -0.05) is 6.42 Å². The highest BCUT2D eigenvalue weighted by atomic mass is 32.2. The van der Waals surface area contributed by atoms with Crippen LogP contribution in [0.4, 0.5) is 0 Å². The molecule has 0 radical (unpaired) electrons. The maximum absolute atomic E-state index is 12.6. The van der Waals surface area contributed by atoms with Crippen LogP contribution in [0.2, 0.25) is 0 Å². The van der Waals surface area contributed by atoms with E-state index in [1.807, 2.05) is 13.0 Å². The van der Waals surface area contributed by atoms with Gasteiger partial charge >= 0.3 is 0 Å². The molecular weight excluding hydrogens is 366 g/mol. The summed E-state index contributed by atoms with van der Waals surface area (Å²) >= 11 is 0. The summed E-state index contributed by atoms with van der Waals surface area (Å²) < 4.78 is 28.4. The lowest BCUT2D eigenvalue weighted by atomic mass is 10.1. The lowest BCUT2D eigenvalue weighted by Crippen LogP contribution is -2.63. The smallest absolute Gasteiger partial charge is 0.244 e. The first-order chi connectivity index (χ1) is 12.9. The van der Waals surface area contributed by atoms with E-state index in [9.17, 15) is 13.2 Å². The van der Waals surface area contributed by atoms with Crippen LogP contribution in [-0.2, 0) is 21.4 Å². The first-order valence-electron chi connectivity index (χ1n) is 9.89. The maximum atomic E-state index is 12.6. The largest absolute Gasteiger partial charge is 0.338 e. The molecule has 0 aliphatic carbocycles. The van der Waals surface area contributed by atoms with Gasteiger partial charge in [-0.05, 0) is 45.8 Å². The summed E-state index contributed by atoms with van der Waals surface area (Å²) in [5.41, 5.74) is 0.877. The Morgan fingerprint density at radius 1 is 1.26 bits per heavy atom. The molecule has 2 aliphatic heterocycles. The number of hydrogen-bond acceptors (Lipinski definition) is 5. The van der Waals surface area contributed by atoms with Gasteiger partial charge in [0.15, 0.2) is 0 Å². The van der Waals surface area contributed by atoms with E-state index in [1.54, 1.807) is 27.0 Å². The molecule has 2 aliphatic rings. The minimum Gasteiger partial charge on any atom is -0.338 e. The van der Waals surface area contributed by atoms with Crippen LogP contribution in [0.1, 0.15) is 31.9 Å². The van der Waals surface area contributed by atoms with Crippen LogP contribution in [0.5, 0.6) is 0 Å². The van der Waals surface area contributed by atoms with Gasteiger partial charge < -0.3 is 9.80 Å². The SMILES string of the molecule is CCS(=O)(=O)N(CCN1CCCCC1)C1CN(C(=O)Cn2ccc(C)n2)C1. The Labute approximate surface area is 162 Å². The van der Waals surface area contributed by atoms with Crippen molar-refractivity contribution in [3.8, 4) is 0 Å². The van der Waals surface area contributed by atoms with Crippen LogP contribution in [0.25, 0.3) is 0 Å². The molecular formula is C18H31N5O3S. The second-order valence-electron chi connectivity index (χ2n) is 7.52. The van der Waals surface area contributed by atoms with Gasteiger partial charge in [-0.2, -0.15) is 9.40 Å². The summed E-state index contributed by atoms with van der Waals surface area (Å²) in [5, 5.41) is 4.24. The Morgan fingerprint density at radius 3 is 2.56 bits per heavy atom. The van der Waals surface area contributed by atoms with Crippen LogP contribution in [0.15, 0.2) is 12.3 Å².